The van der Waals surface area contributed by atoms with Gasteiger partial charge in [0.1, 0.15) is 6.04 Å². The quantitative estimate of drug-likeness (QED) is 0.569. The second-order valence-corrected chi connectivity index (χ2v) is 6.32. The largest absolute Gasteiger partial charge is 0.468 e. The van der Waals surface area contributed by atoms with Crippen molar-refractivity contribution in [1.82, 2.24) is 5.32 Å². The molecule has 1 aliphatic heterocycles. The Labute approximate surface area is 98.7 Å². The van der Waals surface area contributed by atoms with Crippen molar-refractivity contribution in [2.45, 2.75) is 35.4 Å². The van der Waals surface area contributed by atoms with Crippen LogP contribution in [-0.2, 0) is 9.53 Å². The molecule has 1 aliphatic rings. The first-order chi connectivity index (χ1) is 6.92. The molecule has 0 spiro atoms. The Morgan fingerprint density at radius 2 is 2.33 bits per heavy atom. The molecule has 4 nitrogen and oxygen atoms in total. The van der Waals surface area contributed by atoms with Crippen LogP contribution in [0.4, 0.5) is 0 Å². The van der Waals surface area contributed by atoms with Crippen molar-refractivity contribution in [2.75, 3.05) is 13.7 Å². The van der Waals surface area contributed by atoms with Crippen LogP contribution < -0.4 is 5.32 Å². The molecule has 88 valence electrons. The topological polar surface area (TPSA) is 58.6 Å². The Kier molecular flexibility index (Phi) is 4.29. The number of carbonyl (C=O) groups is 1. The van der Waals surface area contributed by atoms with E-state index in [1.807, 2.05) is 13.8 Å². The van der Waals surface area contributed by atoms with Crippen molar-refractivity contribution < 1.29 is 14.6 Å². The number of hydrogen-bond donors (Lipinski definition) is 2. The fourth-order valence-electron chi connectivity index (χ4n) is 1.54. The molecular formula is C9H16ClNO3S. The second-order valence-electron chi connectivity index (χ2n) is 3.96. The van der Waals surface area contributed by atoms with Crippen LogP contribution in [0, 0.1) is 0 Å². The van der Waals surface area contributed by atoms with E-state index in [4.69, 9.17) is 21.4 Å². The van der Waals surface area contributed by atoms with Crippen LogP contribution in [0.5, 0.6) is 0 Å². The number of aliphatic hydroxyl groups is 1. The Balaban J connectivity index is 2.72. The van der Waals surface area contributed by atoms with Crippen LogP contribution in [0.3, 0.4) is 0 Å². The highest BCUT2D eigenvalue weighted by Gasteiger charge is 2.47. The highest BCUT2D eigenvalue weighted by atomic mass is 35.5. The number of halogens is 1. The molecule has 0 aliphatic carbocycles. The standard InChI is InChI=1S/C9H16ClNO3S/c1-9(2)6(8(13)14-3)11-7(15-9)5(10)4-12/h5-7,11-12H,4H2,1-3H3/t5?,6-,7+/m0/s1. The molecule has 0 bridgehead atoms. The van der Waals surface area contributed by atoms with Gasteiger partial charge < -0.3 is 9.84 Å². The molecule has 2 N–H and O–H groups in total. The molecule has 1 fully saturated rings. The molecule has 6 heteroatoms. The zero-order valence-electron chi connectivity index (χ0n) is 8.99. The summed E-state index contributed by atoms with van der Waals surface area (Å²) in [5, 5.41) is 11.5. The van der Waals surface area contributed by atoms with Gasteiger partial charge in [0, 0.05) is 4.75 Å². The van der Waals surface area contributed by atoms with Gasteiger partial charge in [-0.3, -0.25) is 10.1 Å². The summed E-state index contributed by atoms with van der Waals surface area (Å²) >= 11 is 7.47. The minimum atomic E-state index is -0.399. The predicted octanol–water partition coefficient (Wildman–Crippen LogP) is 0.569. The van der Waals surface area contributed by atoms with Gasteiger partial charge in [-0.1, -0.05) is 0 Å². The summed E-state index contributed by atoms with van der Waals surface area (Å²) in [5.41, 5.74) is 0. The zero-order valence-corrected chi connectivity index (χ0v) is 10.6. The number of nitrogens with one attached hydrogen (secondary N) is 1. The third-order valence-corrected chi connectivity index (χ3v) is 4.50. The highest BCUT2D eigenvalue weighted by Crippen LogP contribution is 2.40. The van der Waals surface area contributed by atoms with Crippen LogP contribution >= 0.6 is 23.4 Å². The van der Waals surface area contributed by atoms with E-state index in [1.54, 1.807) is 11.8 Å². The highest BCUT2D eigenvalue weighted by molar-refractivity contribution is 8.01. The number of thioether (sulfide) groups is 1. The van der Waals surface area contributed by atoms with E-state index in [1.165, 1.54) is 7.11 Å². The van der Waals surface area contributed by atoms with E-state index in [2.05, 4.69) is 5.32 Å². The number of rotatable bonds is 3. The average molecular weight is 254 g/mol. The molecule has 3 atom stereocenters. The number of aliphatic hydroxyl groups excluding tert-OH is 1. The fraction of sp³-hybridized carbons (Fsp3) is 0.889. The number of esters is 1. The van der Waals surface area contributed by atoms with E-state index in [9.17, 15) is 4.79 Å². The molecular weight excluding hydrogens is 238 g/mol. The van der Waals surface area contributed by atoms with Crippen molar-refractivity contribution in [3.8, 4) is 0 Å². The van der Waals surface area contributed by atoms with Crippen LogP contribution in [-0.4, -0.2) is 46.3 Å². The van der Waals surface area contributed by atoms with Gasteiger partial charge in [0.05, 0.1) is 24.5 Å². The van der Waals surface area contributed by atoms with Crippen LogP contribution in [0.25, 0.3) is 0 Å². The normalized spacial score (nSPS) is 31.3. The summed E-state index contributed by atoms with van der Waals surface area (Å²) in [6.07, 6.45) is 0. The van der Waals surface area contributed by atoms with Gasteiger partial charge in [-0.25, -0.2) is 0 Å². The third-order valence-electron chi connectivity index (χ3n) is 2.40. The summed E-state index contributed by atoms with van der Waals surface area (Å²) in [6, 6.07) is -0.384. The number of carbonyl (C=O) groups excluding carboxylic acids is 1. The van der Waals surface area contributed by atoms with Gasteiger partial charge in [-0.15, -0.1) is 23.4 Å². The number of ether oxygens (including phenoxy) is 1. The third kappa shape index (κ3) is 2.78. The molecule has 0 aromatic heterocycles. The SMILES string of the molecule is COC(=O)[C@@H]1N[C@@H](C(Cl)CO)SC1(C)C. The van der Waals surface area contributed by atoms with Crippen LogP contribution in [0.1, 0.15) is 13.8 Å². The smallest absolute Gasteiger partial charge is 0.324 e. The predicted molar refractivity (Wildman–Crippen MR) is 61.1 cm³/mol. The maximum atomic E-state index is 11.5. The molecule has 0 amide bonds. The van der Waals surface area contributed by atoms with E-state index in [0.29, 0.717) is 0 Å². The molecule has 0 saturated carbocycles. The zero-order chi connectivity index (χ0) is 11.6. The van der Waals surface area contributed by atoms with Gasteiger partial charge in [-0.05, 0) is 13.8 Å². The van der Waals surface area contributed by atoms with E-state index in [0.717, 1.165) is 0 Å². The van der Waals surface area contributed by atoms with Gasteiger partial charge in [0.2, 0.25) is 0 Å². The Morgan fingerprint density at radius 1 is 1.73 bits per heavy atom. The van der Waals surface area contributed by atoms with Gasteiger partial charge >= 0.3 is 5.97 Å². The van der Waals surface area contributed by atoms with E-state index in [-0.39, 0.29) is 28.7 Å². The van der Waals surface area contributed by atoms with Crippen molar-refractivity contribution in [2.24, 2.45) is 0 Å². The van der Waals surface area contributed by atoms with Gasteiger partial charge in [0.15, 0.2) is 0 Å². The molecule has 1 heterocycles. The van der Waals surface area contributed by atoms with Gasteiger partial charge in [-0.2, -0.15) is 0 Å². The average Bonchev–Trinajstić information content (AvgIpc) is 2.52. The first kappa shape index (κ1) is 13.1. The maximum absolute atomic E-state index is 11.5. The number of hydrogen-bond acceptors (Lipinski definition) is 5. The molecule has 1 saturated heterocycles. The Bertz CT molecular complexity index is 250. The van der Waals surface area contributed by atoms with Crippen molar-refractivity contribution in [1.29, 1.82) is 0 Å². The summed E-state index contributed by atoms with van der Waals surface area (Å²) in [6.45, 7) is 3.79. The molecule has 1 unspecified atom stereocenters. The van der Waals surface area contributed by atoms with Crippen LogP contribution in [0.2, 0.25) is 0 Å². The first-order valence-corrected chi connectivity index (χ1v) is 6.00. The molecule has 15 heavy (non-hydrogen) atoms. The maximum Gasteiger partial charge on any atom is 0.324 e. The number of methoxy groups -OCH3 is 1. The molecule has 1 rings (SSSR count). The summed E-state index contributed by atoms with van der Waals surface area (Å²) in [5.74, 6) is -0.295. The summed E-state index contributed by atoms with van der Waals surface area (Å²) < 4.78 is 4.43. The molecule has 0 radical (unpaired) electrons. The lowest BCUT2D eigenvalue weighted by atomic mass is 10.0. The van der Waals surface area contributed by atoms with Gasteiger partial charge in [0.25, 0.3) is 0 Å². The van der Waals surface area contributed by atoms with Crippen molar-refractivity contribution in [3.63, 3.8) is 0 Å². The van der Waals surface area contributed by atoms with Crippen molar-refractivity contribution in [3.05, 3.63) is 0 Å². The Hall–Kier alpha value is 0.0300. The summed E-state index contributed by atoms with van der Waals surface area (Å²) in [7, 11) is 1.36. The lowest BCUT2D eigenvalue weighted by Crippen LogP contribution is -2.47. The minimum absolute atomic E-state index is 0.115. The van der Waals surface area contributed by atoms with Crippen molar-refractivity contribution >= 4 is 29.3 Å². The lowest BCUT2D eigenvalue weighted by Gasteiger charge is -2.22. The molecule has 0 aromatic rings. The Morgan fingerprint density at radius 3 is 2.80 bits per heavy atom. The fourth-order valence-corrected chi connectivity index (χ4v) is 3.16. The van der Waals surface area contributed by atoms with Crippen LogP contribution in [0.15, 0.2) is 0 Å². The van der Waals surface area contributed by atoms with E-state index < -0.39 is 5.38 Å². The summed E-state index contributed by atoms with van der Waals surface area (Å²) in [4.78, 5) is 11.5. The second kappa shape index (κ2) is 4.91. The number of alkyl halides is 1. The minimum Gasteiger partial charge on any atom is -0.468 e. The van der Waals surface area contributed by atoms with E-state index >= 15 is 0 Å². The lowest BCUT2D eigenvalue weighted by molar-refractivity contribution is -0.143. The monoisotopic (exact) mass is 253 g/mol. The molecule has 0 aromatic carbocycles. The first-order valence-electron chi connectivity index (χ1n) is 4.69.